The molecule has 2 N–H and O–H groups in total. The summed E-state index contributed by atoms with van der Waals surface area (Å²) in [5.74, 6) is 0. The first-order valence-corrected chi connectivity index (χ1v) is 5.33. The van der Waals surface area contributed by atoms with Gasteiger partial charge in [0.05, 0.1) is 17.8 Å². The molecule has 6 nitrogen and oxygen atoms in total. The second-order valence-electron chi connectivity index (χ2n) is 3.85. The summed E-state index contributed by atoms with van der Waals surface area (Å²) in [6.45, 7) is 0. The van der Waals surface area contributed by atoms with E-state index in [0.717, 1.165) is 12.8 Å². The lowest BCUT2D eigenvalue weighted by atomic mass is 10.3. The summed E-state index contributed by atoms with van der Waals surface area (Å²) in [5, 5.41) is 15.7. The fourth-order valence-corrected chi connectivity index (χ4v) is 1.80. The van der Waals surface area contributed by atoms with Crippen molar-refractivity contribution in [3.05, 3.63) is 23.8 Å². The van der Waals surface area contributed by atoms with E-state index in [0.29, 0.717) is 10.2 Å². The summed E-state index contributed by atoms with van der Waals surface area (Å²) in [7, 11) is 0. The standard InChI is InChI=1S/C10H14N4O2/c15-10(12-8-3-1-2-4-8)13-9-5-6-14(16)11-7-9/h5-8,16H,1-4H2,(H,12,15). The van der Waals surface area contributed by atoms with E-state index in [1.54, 1.807) is 0 Å². The highest BCUT2D eigenvalue weighted by Crippen LogP contribution is 2.17. The minimum Gasteiger partial charge on any atom is -0.412 e. The molecule has 0 aliphatic heterocycles. The topological polar surface area (TPSA) is 79.5 Å². The second-order valence-corrected chi connectivity index (χ2v) is 3.85. The van der Waals surface area contributed by atoms with Crippen molar-refractivity contribution in [1.29, 1.82) is 0 Å². The van der Waals surface area contributed by atoms with Crippen LogP contribution in [0, 0.1) is 0 Å². The maximum Gasteiger partial charge on any atom is 0.341 e. The van der Waals surface area contributed by atoms with Gasteiger partial charge in [0.2, 0.25) is 0 Å². The van der Waals surface area contributed by atoms with Crippen LogP contribution in [-0.4, -0.2) is 27.2 Å². The van der Waals surface area contributed by atoms with E-state index < -0.39 is 0 Å². The lowest BCUT2D eigenvalue weighted by molar-refractivity contribution is 0.143. The normalized spacial score (nSPS) is 17.6. The van der Waals surface area contributed by atoms with Crippen molar-refractivity contribution in [3.63, 3.8) is 0 Å². The van der Waals surface area contributed by atoms with Gasteiger partial charge < -0.3 is 10.5 Å². The third-order valence-electron chi connectivity index (χ3n) is 2.60. The Morgan fingerprint density at radius 2 is 2.31 bits per heavy atom. The van der Waals surface area contributed by atoms with Gasteiger partial charge in [-0.1, -0.05) is 12.8 Å². The van der Waals surface area contributed by atoms with E-state index in [4.69, 9.17) is 5.21 Å². The van der Waals surface area contributed by atoms with Crippen LogP contribution >= 0.6 is 0 Å². The SMILES string of the molecule is O=C(N=c1ccn(O)nc1)NC1CCCC1. The van der Waals surface area contributed by atoms with Crippen LogP contribution in [0.5, 0.6) is 0 Å². The number of hydrogen-bond donors (Lipinski definition) is 2. The molecule has 0 atom stereocenters. The molecule has 16 heavy (non-hydrogen) atoms. The van der Waals surface area contributed by atoms with Crippen LogP contribution in [0.15, 0.2) is 23.5 Å². The lowest BCUT2D eigenvalue weighted by Crippen LogP contribution is -2.31. The van der Waals surface area contributed by atoms with Gasteiger partial charge in [0.15, 0.2) is 0 Å². The molecule has 2 rings (SSSR count). The molecule has 1 heterocycles. The van der Waals surface area contributed by atoms with Crippen LogP contribution in [0.2, 0.25) is 0 Å². The average Bonchev–Trinajstić information content (AvgIpc) is 2.74. The van der Waals surface area contributed by atoms with Crippen molar-refractivity contribution in [3.8, 4) is 0 Å². The fourth-order valence-electron chi connectivity index (χ4n) is 1.80. The third kappa shape index (κ3) is 2.82. The molecular formula is C10H14N4O2. The first-order chi connectivity index (χ1) is 7.74. The zero-order valence-corrected chi connectivity index (χ0v) is 8.83. The average molecular weight is 222 g/mol. The fraction of sp³-hybridized carbons (Fsp3) is 0.500. The van der Waals surface area contributed by atoms with Crippen molar-refractivity contribution < 1.29 is 10.0 Å². The van der Waals surface area contributed by atoms with Crippen molar-refractivity contribution in [1.82, 2.24) is 15.3 Å². The number of carbonyl (C=O) groups is 1. The highest BCUT2D eigenvalue weighted by Gasteiger charge is 2.16. The molecule has 0 aromatic carbocycles. The summed E-state index contributed by atoms with van der Waals surface area (Å²) in [5.41, 5.74) is 0. The molecule has 2 amide bonds. The Morgan fingerprint density at radius 3 is 2.94 bits per heavy atom. The summed E-state index contributed by atoms with van der Waals surface area (Å²) in [4.78, 5) is 16.0. The van der Waals surface area contributed by atoms with Gasteiger partial charge in [-0.25, -0.2) is 4.79 Å². The maximum atomic E-state index is 11.5. The maximum absolute atomic E-state index is 11.5. The summed E-state index contributed by atoms with van der Waals surface area (Å²) < 4.78 is 0. The molecule has 86 valence electrons. The van der Waals surface area contributed by atoms with Crippen LogP contribution in [0.25, 0.3) is 0 Å². The first-order valence-electron chi connectivity index (χ1n) is 5.33. The van der Waals surface area contributed by atoms with Crippen LogP contribution in [-0.2, 0) is 0 Å². The van der Waals surface area contributed by atoms with Crippen molar-refractivity contribution in [2.45, 2.75) is 31.7 Å². The van der Waals surface area contributed by atoms with Gasteiger partial charge in [0.25, 0.3) is 0 Å². The van der Waals surface area contributed by atoms with E-state index in [9.17, 15) is 4.79 Å². The van der Waals surface area contributed by atoms with E-state index in [2.05, 4.69) is 15.4 Å². The number of aromatic nitrogens is 2. The van der Waals surface area contributed by atoms with Gasteiger partial charge in [0, 0.05) is 6.04 Å². The summed E-state index contributed by atoms with van der Waals surface area (Å²) >= 11 is 0. The van der Waals surface area contributed by atoms with Gasteiger partial charge in [-0.3, -0.25) is 0 Å². The number of urea groups is 1. The zero-order chi connectivity index (χ0) is 11.4. The highest BCUT2D eigenvalue weighted by molar-refractivity contribution is 5.75. The molecule has 1 fully saturated rings. The monoisotopic (exact) mass is 222 g/mol. The Labute approximate surface area is 92.6 Å². The highest BCUT2D eigenvalue weighted by atomic mass is 16.5. The Kier molecular flexibility index (Phi) is 3.19. The minimum atomic E-state index is -0.343. The minimum absolute atomic E-state index is 0.260. The molecular weight excluding hydrogens is 208 g/mol. The molecule has 1 aromatic heterocycles. The van der Waals surface area contributed by atoms with Gasteiger partial charge in [-0.2, -0.15) is 4.99 Å². The van der Waals surface area contributed by atoms with E-state index in [-0.39, 0.29) is 12.1 Å². The van der Waals surface area contributed by atoms with Gasteiger partial charge in [-0.15, -0.1) is 9.94 Å². The molecule has 6 heteroatoms. The largest absolute Gasteiger partial charge is 0.412 e. The van der Waals surface area contributed by atoms with Gasteiger partial charge in [0.1, 0.15) is 0 Å². The number of amides is 2. The molecule has 0 radical (unpaired) electrons. The predicted molar refractivity (Wildman–Crippen MR) is 55.8 cm³/mol. The van der Waals surface area contributed by atoms with Crippen molar-refractivity contribution >= 4 is 6.03 Å². The number of nitrogens with zero attached hydrogens (tertiary/aromatic N) is 3. The van der Waals surface area contributed by atoms with Crippen LogP contribution in [0.4, 0.5) is 4.79 Å². The van der Waals surface area contributed by atoms with Crippen LogP contribution in [0.1, 0.15) is 25.7 Å². The Bertz CT molecular complexity index is 414. The summed E-state index contributed by atoms with van der Waals surface area (Å²) in [6.07, 6.45) is 7.05. The van der Waals surface area contributed by atoms with E-state index in [1.165, 1.54) is 31.3 Å². The molecule has 0 bridgehead atoms. The Morgan fingerprint density at radius 1 is 1.56 bits per heavy atom. The lowest BCUT2D eigenvalue weighted by Gasteiger charge is -2.08. The number of nitrogens with one attached hydrogen (secondary N) is 1. The zero-order valence-electron chi connectivity index (χ0n) is 8.83. The first kappa shape index (κ1) is 10.7. The van der Waals surface area contributed by atoms with Gasteiger partial charge >= 0.3 is 6.03 Å². The number of carbonyl (C=O) groups excluding carboxylic acids is 1. The predicted octanol–water partition coefficient (Wildman–Crippen LogP) is 0.673. The Hall–Kier alpha value is -1.85. The molecule has 1 aliphatic rings. The molecule has 1 aliphatic carbocycles. The Balaban J connectivity index is 1.99. The van der Waals surface area contributed by atoms with Crippen LogP contribution < -0.4 is 10.7 Å². The summed E-state index contributed by atoms with van der Waals surface area (Å²) in [6, 6.07) is 1.43. The third-order valence-corrected chi connectivity index (χ3v) is 2.60. The molecule has 1 aromatic rings. The van der Waals surface area contributed by atoms with E-state index >= 15 is 0 Å². The second kappa shape index (κ2) is 4.78. The van der Waals surface area contributed by atoms with Crippen molar-refractivity contribution in [2.24, 2.45) is 4.99 Å². The van der Waals surface area contributed by atoms with Crippen molar-refractivity contribution in [2.75, 3.05) is 0 Å². The quantitative estimate of drug-likeness (QED) is 0.685. The van der Waals surface area contributed by atoms with Gasteiger partial charge in [-0.05, 0) is 18.9 Å². The molecule has 0 unspecified atom stereocenters. The van der Waals surface area contributed by atoms with E-state index in [1.807, 2.05) is 0 Å². The number of rotatable bonds is 1. The number of hydrogen-bond acceptors (Lipinski definition) is 3. The smallest absolute Gasteiger partial charge is 0.341 e. The molecule has 1 saturated carbocycles. The van der Waals surface area contributed by atoms with Crippen LogP contribution in [0.3, 0.4) is 0 Å². The molecule has 0 spiro atoms. The molecule has 0 saturated heterocycles.